The molecule has 15 heavy (non-hydrogen) atoms. The van der Waals surface area contributed by atoms with Crippen LogP contribution in [0.15, 0.2) is 0 Å². The van der Waals surface area contributed by atoms with Gasteiger partial charge in [0.2, 0.25) is 0 Å². The van der Waals surface area contributed by atoms with Gasteiger partial charge < -0.3 is 15.2 Å². The van der Waals surface area contributed by atoms with Crippen LogP contribution < -0.4 is 5.73 Å². The number of unbranched alkanes of at least 4 members (excludes halogenated alkanes) is 2. The van der Waals surface area contributed by atoms with Crippen molar-refractivity contribution in [3.05, 3.63) is 0 Å². The first-order valence-corrected chi connectivity index (χ1v) is 5.95. The second-order valence-corrected chi connectivity index (χ2v) is 4.31. The van der Waals surface area contributed by atoms with E-state index >= 15 is 0 Å². The van der Waals surface area contributed by atoms with Crippen LogP contribution in [0.25, 0.3) is 0 Å². The molecule has 0 unspecified atom stereocenters. The molecule has 0 aromatic rings. The zero-order valence-corrected chi connectivity index (χ0v) is 10.6. The molecule has 0 aliphatic carbocycles. The minimum Gasteiger partial charge on any atom is -0.385 e. The number of hydrogen-bond acceptors (Lipinski definition) is 3. The molecule has 0 radical (unpaired) electrons. The van der Waals surface area contributed by atoms with Crippen LogP contribution >= 0.6 is 0 Å². The lowest BCUT2D eigenvalue weighted by Crippen LogP contribution is -2.42. The van der Waals surface area contributed by atoms with E-state index in [1.54, 1.807) is 14.2 Å². The maximum absolute atomic E-state index is 6.35. The van der Waals surface area contributed by atoms with Crippen LogP contribution in [0.3, 0.4) is 0 Å². The quantitative estimate of drug-likeness (QED) is 0.571. The van der Waals surface area contributed by atoms with Crippen molar-refractivity contribution in [2.24, 2.45) is 5.73 Å². The van der Waals surface area contributed by atoms with Crippen molar-refractivity contribution in [1.82, 2.24) is 0 Å². The Bertz CT molecular complexity index is 132. The molecule has 0 aliphatic heterocycles. The number of hydrogen-bond donors (Lipinski definition) is 1. The fraction of sp³-hybridized carbons (Fsp3) is 1.00. The van der Waals surface area contributed by atoms with Gasteiger partial charge in [-0.15, -0.1) is 0 Å². The van der Waals surface area contributed by atoms with Crippen LogP contribution in [-0.4, -0.2) is 33.0 Å². The third-order valence-corrected chi connectivity index (χ3v) is 2.89. The third kappa shape index (κ3) is 7.77. The Morgan fingerprint density at radius 2 is 1.47 bits per heavy atom. The van der Waals surface area contributed by atoms with E-state index in [9.17, 15) is 0 Å². The topological polar surface area (TPSA) is 44.5 Å². The lowest BCUT2D eigenvalue weighted by Gasteiger charge is -2.29. The maximum Gasteiger partial charge on any atom is 0.0479 e. The molecule has 0 spiro atoms. The van der Waals surface area contributed by atoms with Crippen LogP contribution in [0.4, 0.5) is 0 Å². The molecule has 0 saturated carbocycles. The molecule has 3 nitrogen and oxygen atoms in total. The highest BCUT2D eigenvalue weighted by atomic mass is 16.5. The van der Waals surface area contributed by atoms with Gasteiger partial charge in [-0.2, -0.15) is 0 Å². The first-order valence-electron chi connectivity index (χ1n) is 5.95. The predicted molar refractivity (Wildman–Crippen MR) is 64.0 cm³/mol. The summed E-state index contributed by atoms with van der Waals surface area (Å²) in [5.74, 6) is 0. The smallest absolute Gasteiger partial charge is 0.0479 e. The second kappa shape index (κ2) is 9.13. The first kappa shape index (κ1) is 14.9. The molecule has 0 amide bonds. The Morgan fingerprint density at radius 1 is 0.933 bits per heavy atom. The number of ether oxygens (including phenoxy) is 2. The minimum absolute atomic E-state index is 0.0960. The average molecular weight is 217 g/mol. The minimum atomic E-state index is -0.0960. The van der Waals surface area contributed by atoms with Gasteiger partial charge in [-0.25, -0.2) is 0 Å². The van der Waals surface area contributed by atoms with Gasteiger partial charge in [0, 0.05) is 33.0 Å². The van der Waals surface area contributed by atoms with Crippen LogP contribution in [0.5, 0.6) is 0 Å². The second-order valence-electron chi connectivity index (χ2n) is 4.31. The summed E-state index contributed by atoms with van der Waals surface area (Å²) in [6.07, 6.45) is 6.64. The molecule has 0 heterocycles. The highest BCUT2D eigenvalue weighted by Gasteiger charge is 2.23. The predicted octanol–water partition coefficient (Wildman–Crippen LogP) is 2.34. The number of nitrogens with two attached hydrogens (primary N) is 1. The van der Waals surface area contributed by atoms with Gasteiger partial charge in [-0.1, -0.05) is 26.2 Å². The van der Waals surface area contributed by atoms with E-state index in [1.165, 1.54) is 19.3 Å². The fourth-order valence-electron chi connectivity index (χ4n) is 1.71. The molecule has 92 valence electrons. The summed E-state index contributed by atoms with van der Waals surface area (Å²) in [5.41, 5.74) is 6.25. The van der Waals surface area contributed by atoms with Gasteiger partial charge >= 0.3 is 0 Å². The molecule has 0 aliphatic rings. The zero-order chi connectivity index (χ0) is 11.6. The SMILES string of the molecule is CCCCCC(N)(CCOC)CCOC. The summed E-state index contributed by atoms with van der Waals surface area (Å²) < 4.78 is 10.2. The van der Waals surface area contributed by atoms with Crippen LogP contribution in [0.1, 0.15) is 45.4 Å². The molecule has 0 aromatic carbocycles. The van der Waals surface area contributed by atoms with E-state index in [0.717, 1.165) is 32.5 Å². The number of methoxy groups -OCH3 is 2. The van der Waals surface area contributed by atoms with Crippen LogP contribution in [-0.2, 0) is 9.47 Å². The molecular formula is C12H27NO2. The molecule has 0 fully saturated rings. The summed E-state index contributed by atoms with van der Waals surface area (Å²) >= 11 is 0. The van der Waals surface area contributed by atoms with Gasteiger partial charge in [-0.3, -0.25) is 0 Å². The number of rotatable bonds is 10. The van der Waals surface area contributed by atoms with Crippen molar-refractivity contribution in [2.75, 3.05) is 27.4 Å². The van der Waals surface area contributed by atoms with Crippen molar-refractivity contribution >= 4 is 0 Å². The highest BCUT2D eigenvalue weighted by molar-refractivity contribution is 4.83. The Labute approximate surface area is 94.3 Å². The van der Waals surface area contributed by atoms with E-state index in [2.05, 4.69) is 6.92 Å². The van der Waals surface area contributed by atoms with Gasteiger partial charge in [0.05, 0.1) is 0 Å². The average Bonchev–Trinajstić information content (AvgIpc) is 2.24. The van der Waals surface area contributed by atoms with Crippen LogP contribution in [0, 0.1) is 0 Å². The highest BCUT2D eigenvalue weighted by Crippen LogP contribution is 2.20. The summed E-state index contributed by atoms with van der Waals surface area (Å²) in [6, 6.07) is 0. The molecular weight excluding hydrogens is 190 g/mol. The summed E-state index contributed by atoms with van der Waals surface area (Å²) in [5, 5.41) is 0. The van der Waals surface area contributed by atoms with Gasteiger partial charge in [0.25, 0.3) is 0 Å². The summed E-state index contributed by atoms with van der Waals surface area (Å²) in [6.45, 7) is 3.70. The van der Waals surface area contributed by atoms with Crippen molar-refractivity contribution in [1.29, 1.82) is 0 Å². The van der Waals surface area contributed by atoms with E-state index in [-0.39, 0.29) is 5.54 Å². The molecule has 0 saturated heterocycles. The van der Waals surface area contributed by atoms with Gasteiger partial charge in [-0.05, 0) is 19.3 Å². The van der Waals surface area contributed by atoms with Crippen LogP contribution in [0.2, 0.25) is 0 Å². The van der Waals surface area contributed by atoms with E-state index < -0.39 is 0 Å². The standard InChI is InChI=1S/C12H27NO2/c1-4-5-6-7-12(13,8-10-14-2)9-11-15-3/h4-11,13H2,1-3H3. The molecule has 0 bridgehead atoms. The van der Waals surface area contributed by atoms with Gasteiger partial charge in [0.15, 0.2) is 0 Å². The Balaban J connectivity index is 3.89. The van der Waals surface area contributed by atoms with Crippen molar-refractivity contribution in [2.45, 2.75) is 51.0 Å². The maximum atomic E-state index is 6.35. The largest absolute Gasteiger partial charge is 0.385 e. The molecule has 3 heteroatoms. The van der Waals surface area contributed by atoms with Gasteiger partial charge in [0.1, 0.15) is 0 Å². The molecule has 0 rings (SSSR count). The zero-order valence-electron chi connectivity index (χ0n) is 10.6. The Hall–Kier alpha value is -0.120. The third-order valence-electron chi connectivity index (χ3n) is 2.89. The van der Waals surface area contributed by atoms with Crippen molar-refractivity contribution < 1.29 is 9.47 Å². The van der Waals surface area contributed by atoms with E-state index in [4.69, 9.17) is 15.2 Å². The molecule has 2 N–H and O–H groups in total. The van der Waals surface area contributed by atoms with Crippen molar-refractivity contribution in [3.8, 4) is 0 Å². The Kier molecular flexibility index (Phi) is 9.06. The monoisotopic (exact) mass is 217 g/mol. The van der Waals surface area contributed by atoms with E-state index in [0.29, 0.717) is 0 Å². The molecule has 0 aromatic heterocycles. The van der Waals surface area contributed by atoms with Crippen molar-refractivity contribution in [3.63, 3.8) is 0 Å². The summed E-state index contributed by atoms with van der Waals surface area (Å²) in [4.78, 5) is 0. The molecule has 0 atom stereocenters. The first-order chi connectivity index (χ1) is 7.18. The Morgan fingerprint density at radius 3 is 1.87 bits per heavy atom. The summed E-state index contributed by atoms with van der Waals surface area (Å²) in [7, 11) is 3.45. The lowest BCUT2D eigenvalue weighted by atomic mass is 9.87. The fourth-order valence-corrected chi connectivity index (χ4v) is 1.71. The normalized spacial score (nSPS) is 12.0. The van der Waals surface area contributed by atoms with E-state index in [1.807, 2.05) is 0 Å². The lowest BCUT2D eigenvalue weighted by molar-refractivity contribution is 0.128.